The molecule has 1 aromatic heterocycles. The molecular formula is C23H25ClN2O7S2. The largest absolute Gasteiger partial charge is 0.461 e. The standard InChI is InChI=1S/C23H25ClN2O7S2/c1-4-32-23(27)21-22(35(30,31)25-13-15(2)33-16(3)14-25)19-12-17(24)10-11-20(19)26(21)34(28,29)18-8-6-5-7-9-18/h5-12,15-16H,4,13-14H2,1-3H3/t15-,16-/m1/s1. The second-order valence-corrected chi connectivity index (χ2v) is 12.3. The van der Waals surface area contributed by atoms with Gasteiger partial charge in [-0.3, -0.25) is 0 Å². The Bertz CT molecular complexity index is 1480. The Kier molecular flexibility index (Phi) is 7.00. The average Bonchev–Trinajstić information content (AvgIpc) is 3.15. The van der Waals surface area contributed by atoms with Gasteiger partial charge in [0.2, 0.25) is 10.0 Å². The number of hydrogen-bond acceptors (Lipinski definition) is 7. The van der Waals surface area contributed by atoms with Crippen LogP contribution in [0.3, 0.4) is 0 Å². The van der Waals surface area contributed by atoms with Gasteiger partial charge in [-0.1, -0.05) is 29.8 Å². The summed E-state index contributed by atoms with van der Waals surface area (Å²) in [5, 5.41) is 0.189. The van der Waals surface area contributed by atoms with E-state index >= 15 is 0 Å². The smallest absolute Gasteiger partial charge is 0.357 e. The molecule has 4 rings (SSSR count). The molecule has 0 amide bonds. The fourth-order valence-electron chi connectivity index (χ4n) is 4.25. The lowest BCUT2D eigenvalue weighted by atomic mass is 10.2. The fraction of sp³-hybridized carbons (Fsp3) is 0.348. The summed E-state index contributed by atoms with van der Waals surface area (Å²) in [6, 6.07) is 11.6. The number of morpholine rings is 1. The second-order valence-electron chi connectivity index (χ2n) is 8.22. The van der Waals surface area contributed by atoms with Crippen molar-refractivity contribution >= 4 is 48.5 Å². The molecule has 0 spiro atoms. The van der Waals surface area contributed by atoms with E-state index in [9.17, 15) is 21.6 Å². The van der Waals surface area contributed by atoms with Crippen molar-refractivity contribution in [1.82, 2.24) is 8.28 Å². The lowest BCUT2D eigenvalue weighted by molar-refractivity contribution is -0.0440. The van der Waals surface area contributed by atoms with Crippen LogP contribution >= 0.6 is 11.6 Å². The first-order valence-electron chi connectivity index (χ1n) is 11.0. The zero-order chi connectivity index (χ0) is 25.5. The van der Waals surface area contributed by atoms with E-state index in [1.54, 1.807) is 26.8 Å². The maximum atomic E-state index is 14.0. The van der Waals surface area contributed by atoms with Gasteiger partial charge in [0.05, 0.1) is 29.2 Å². The van der Waals surface area contributed by atoms with E-state index < -0.39 is 48.8 Å². The molecule has 0 saturated carbocycles. The topological polar surface area (TPSA) is 112 Å². The minimum absolute atomic E-state index is 0.00534. The molecule has 188 valence electrons. The number of hydrogen-bond donors (Lipinski definition) is 0. The van der Waals surface area contributed by atoms with Crippen LogP contribution < -0.4 is 0 Å². The Morgan fingerprint density at radius 2 is 1.66 bits per heavy atom. The summed E-state index contributed by atoms with van der Waals surface area (Å²) in [6.07, 6.45) is -0.797. The molecule has 0 N–H and O–H groups in total. The molecule has 1 aliphatic heterocycles. The fourth-order valence-corrected chi connectivity index (χ4v) is 7.94. The van der Waals surface area contributed by atoms with Crippen molar-refractivity contribution < 1.29 is 31.1 Å². The highest BCUT2D eigenvalue weighted by molar-refractivity contribution is 7.91. The summed E-state index contributed by atoms with van der Waals surface area (Å²) >= 11 is 6.20. The number of ether oxygens (including phenoxy) is 2. The number of carbonyl (C=O) groups is 1. The highest BCUT2D eigenvalue weighted by Gasteiger charge is 2.41. The number of esters is 1. The van der Waals surface area contributed by atoms with Crippen molar-refractivity contribution in [2.24, 2.45) is 0 Å². The van der Waals surface area contributed by atoms with E-state index in [0.29, 0.717) is 0 Å². The first kappa shape index (κ1) is 25.6. The Labute approximate surface area is 209 Å². The average molecular weight is 541 g/mol. The molecular weight excluding hydrogens is 516 g/mol. The molecule has 2 heterocycles. The molecule has 12 heteroatoms. The van der Waals surface area contributed by atoms with Crippen molar-refractivity contribution in [2.45, 2.75) is 42.8 Å². The van der Waals surface area contributed by atoms with Crippen LogP contribution in [0.5, 0.6) is 0 Å². The third-order valence-electron chi connectivity index (χ3n) is 5.57. The summed E-state index contributed by atoms with van der Waals surface area (Å²) in [5.41, 5.74) is -0.603. The maximum absolute atomic E-state index is 14.0. The number of benzene rings is 2. The number of nitrogens with zero attached hydrogens (tertiary/aromatic N) is 2. The van der Waals surface area contributed by atoms with E-state index in [0.717, 1.165) is 3.97 Å². The summed E-state index contributed by atoms with van der Waals surface area (Å²) in [6.45, 7) is 5.01. The molecule has 0 bridgehead atoms. The molecule has 2 atom stereocenters. The lowest BCUT2D eigenvalue weighted by Gasteiger charge is -2.34. The zero-order valence-electron chi connectivity index (χ0n) is 19.3. The summed E-state index contributed by atoms with van der Waals surface area (Å²) in [5.74, 6) is -1.08. The van der Waals surface area contributed by atoms with Gasteiger partial charge < -0.3 is 9.47 Å². The number of rotatable bonds is 6. The lowest BCUT2D eigenvalue weighted by Crippen LogP contribution is -2.48. The van der Waals surface area contributed by atoms with Gasteiger partial charge in [0.15, 0.2) is 5.69 Å². The summed E-state index contributed by atoms with van der Waals surface area (Å²) in [7, 11) is -8.78. The van der Waals surface area contributed by atoms with Gasteiger partial charge in [-0.15, -0.1) is 0 Å². The Hall–Kier alpha value is -2.44. The molecule has 0 aliphatic carbocycles. The number of sulfonamides is 1. The summed E-state index contributed by atoms with van der Waals surface area (Å²) < 4.78 is 68.4. The minimum atomic E-state index is -4.40. The normalized spacial score (nSPS) is 19.7. The third kappa shape index (κ3) is 4.58. The van der Waals surface area contributed by atoms with Crippen LogP contribution in [0, 0.1) is 0 Å². The highest BCUT2D eigenvalue weighted by Crippen LogP contribution is 2.37. The van der Waals surface area contributed by atoms with E-state index in [4.69, 9.17) is 21.1 Å². The van der Waals surface area contributed by atoms with Crippen LogP contribution in [-0.4, -0.2) is 63.0 Å². The van der Waals surface area contributed by atoms with Crippen molar-refractivity contribution in [3.05, 3.63) is 59.2 Å². The minimum Gasteiger partial charge on any atom is -0.461 e. The van der Waals surface area contributed by atoms with Crippen molar-refractivity contribution in [2.75, 3.05) is 19.7 Å². The quantitative estimate of drug-likeness (QED) is 0.440. The zero-order valence-corrected chi connectivity index (χ0v) is 21.7. The van der Waals surface area contributed by atoms with Crippen LogP contribution in [0.4, 0.5) is 0 Å². The van der Waals surface area contributed by atoms with Crippen LogP contribution in [0.2, 0.25) is 5.02 Å². The predicted octanol–water partition coefficient (Wildman–Crippen LogP) is 3.51. The SMILES string of the molecule is CCOC(=O)c1c(S(=O)(=O)N2C[C@@H](C)O[C@H](C)C2)c2cc(Cl)ccc2n1S(=O)(=O)c1ccccc1. The number of fused-ring (bicyclic) bond motifs is 1. The first-order chi connectivity index (χ1) is 16.5. The van der Waals surface area contributed by atoms with Gasteiger partial charge in [-0.2, -0.15) is 4.31 Å². The van der Waals surface area contributed by atoms with Crippen LogP contribution in [0.1, 0.15) is 31.3 Å². The van der Waals surface area contributed by atoms with Gasteiger partial charge in [0.25, 0.3) is 10.0 Å². The van der Waals surface area contributed by atoms with Gasteiger partial charge in [-0.25, -0.2) is 25.6 Å². The van der Waals surface area contributed by atoms with E-state index in [1.165, 1.54) is 46.8 Å². The Morgan fingerprint density at radius 3 is 2.26 bits per heavy atom. The van der Waals surface area contributed by atoms with Crippen molar-refractivity contribution in [3.8, 4) is 0 Å². The molecule has 9 nitrogen and oxygen atoms in total. The highest BCUT2D eigenvalue weighted by atomic mass is 35.5. The molecule has 0 unspecified atom stereocenters. The molecule has 0 radical (unpaired) electrons. The monoisotopic (exact) mass is 540 g/mol. The van der Waals surface area contributed by atoms with Gasteiger partial charge >= 0.3 is 5.97 Å². The maximum Gasteiger partial charge on any atom is 0.357 e. The number of carbonyl (C=O) groups excluding carboxylic acids is 1. The van der Waals surface area contributed by atoms with E-state index in [2.05, 4.69) is 0 Å². The van der Waals surface area contributed by atoms with Crippen molar-refractivity contribution in [1.29, 1.82) is 0 Å². The van der Waals surface area contributed by atoms with Crippen LogP contribution in [0.25, 0.3) is 10.9 Å². The van der Waals surface area contributed by atoms with Crippen molar-refractivity contribution in [3.63, 3.8) is 0 Å². The predicted molar refractivity (Wildman–Crippen MR) is 131 cm³/mol. The second kappa shape index (κ2) is 9.55. The summed E-state index contributed by atoms with van der Waals surface area (Å²) in [4.78, 5) is 12.6. The Morgan fingerprint density at radius 1 is 1.03 bits per heavy atom. The Balaban J connectivity index is 2.11. The van der Waals surface area contributed by atoms with E-state index in [1.807, 2.05) is 0 Å². The third-order valence-corrected chi connectivity index (χ3v) is 9.44. The number of aromatic nitrogens is 1. The molecule has 3 aromatic rings. The van der Waals surface area contributed by atoms with E-state index in [-0.39, 0.29) is 40.5 Å². The molecule has 1 saturated heterocycles. The molecule has 2 aromatic carbocycles. The molecule has 1 aliphatic rings. The van der Waals surface area contributed by atoms with Gasteiger partial charge in [-0.05, 0) is 51.1 Å². The van der Waals surface area contributed by atoms with Crippen LogP contribution in [0.15, 0.2) is 58.3 Å². The van der Waals surface area contributed by atoms with Crippen LogP contribution in [-0.2, 0) is 29.5 Å². The molecule has 1 fully saturated rings. The molecule has 35 heavy (non-hydrogen) atoms. The van der Waals surface area contributed by atoms with Gasteiger partial charge in [0, 0.05) is 23.5 Å². The first-order valence-corrected chi connectivity index (χ1v) is 14.2. The van der Waals surface area contributed by atoms with Gasteiger partial charge in [0.1, 0.15) is 4.90 Å². The number of halogens is 1.